The highest BCUT2D eigenvalue weighted by Gasteiger charge is 2.30. The van der Waals surface area contributed by atoms with Crippen LogP contribution in [0.15, 0.2) is 42.5 Å². The fourth-order valence-corrected chi connectivity index (χ4v) is 4.12. The van der Waals surface area contributed by atoms with Crippen LogP contribution in [0, 0.1) is 5.82 Å². The Morgan fingerprint density at radius 1 is 1.28 bits per heavy atom. The molecule has 1 N–H and O–H groups in total. The van der Waals surface area contributed by atoms with Gasteiger partial charge >= 0.3 is 6.03 Å². The van der Waals surface area contributed by atoms with Crippen LogP contribution in [0.3, 0.4) is 0 Å². The predicted molar refractivity (Wildman–Crippen MR) is 112 cm³/mol. The molecule has 1 heterocycles. The number of halogens is 2. The number of carbonyl (C=O) groups is 1. The van der Waals surface area contributed by atoms with Gasteiger partial charge in [0.05, 0.1) is 23.9 Å². The number of carbonyl (C=O) groups excluding carboxylic acids is 1. The van der Waals surface area contributed by atoms with Gasteiger partial charge in [-0.15, -0.1) is 0 Å². The normalized spacial score (nSPS) is 15.7. The van der Waals surface area contributed by atoms with E-state index in [9.17, 15) is 9.18 Å². The zero-order chi connectivity index (χ0) is 20.5. The predicted octanol–water partition coefficient (Wildman–Crippen LogP) is 5.58. The van der Waals surface area contributed by atoms with Gasteiger partial charge < -0.3 is 15.0 Å². The summed E-state index contributed by atoms with van der Waals surface area (Å²) in [4.78, 5) is 19.3. The van der Waals surface area contributed by atoms with Gasteiger partial charge in [-0.25, -0.2) is 14.2 Å². The molecular formula is C22H21ClFN3O2. The Morgan fingerprint density at radius 3 is 2.76 bits per heavy atom. The van der Waals surface area contributed by atoms with Crippen molar-refractivity contribution in [3.8, 4) is 5.88 Å². The van der Waals surface area contributed by atoms with Gasteiger partial charge in [-0.1, -0.05) is 29.8 Å². The van der Waals surface area contributed by atoms with Crippen LogP contribution in [0.1, 0.15) is 30.1 Å². The van der Waals surface area contributed by atoms with Crippen molar-refractivity contribution < 1.29 is 13.9 Å². The largest absolute Gasteiger partial charge is 0.481 e. The van der Waals surface area contributed by atoms with Crippen molar-refractivity contribution in [1.29, 1.82) is 0 Å². The van der Waals surface area contributed by atoms with Crippen molar-refractivity contribution in [2.45, 2.75) is 25.3 Å². The van der Waals surface area contributed by atoms with Crippen LogP contribution in [0.2, 0.25) is 5.02 Å². The van der Waals surface area contributed by atoms with E-state index < -0.39 is 5.82 Å². The Morgan fingerprint density at radius 2 is 2.03 bits per heavy atom. The lowest BCUT2D eigenvalue weighted by Gasteiger charge is -2.34. The van der Waals surface area contributed by atoms with Crippen molar-refractivity contribution in [1.82, 2.24) is 9.88 Å². The van der Waals surface area contributed by atoms with Crippen molar-refractivity contribution in [2.24, 2.45) is 0 Å². The molecule has 1 aliphatic rings. The van der Waals surface area contributed by atoms with Gasteiger partial charge in [-0.3, -0.25) is 0 Å². The quantitative estimate of drug-likeness (QED) is 0.610. The number of nitrogens with one attached hydrogen (secondary N) is 1. The van der Waals surface area contributed by atoms with Gasteiger partial charge in [0, 0.05) is 23.7 Å². The minimum absolute atomic E-state index is 0.0317. The molecule has 0 bridgehead atoms. The molecular weight excluding hydrogens is 393 g/mol. The number of pyridine rings is 1. The third-order valence-corrected chi connectivity index (χ3v) is 5.66. The van der Waals surface area contributed by atoms with Gasteiger partial charge in [-0.2, -0.15) is 0 Å². The number of aryl methyl sites for hydroxylation is 1. The lowest BCUT2D eigenvalue weighted by molar-refractivity contribution is 0.197. The van der Waals surface area contributed by atoms with Crippen LogP contribution in [0.5, 0.6) is 5.88 Å². The third-order valence-electron chi connectivity index (χ3n) is 5.37. The Kier molecular flexibility index (Phi) is 5.28. The van der Waals surface area contributed by atoms with E-state index in [1.54, 1.807) is 19.1 Å². The number of amides is 2. The number of hydrogen-bond acceptors (Lipinski definition) is 3. The van der Waals surface area contributed by atoms with Crippen molar-refractivity contribution in [3.05, 3.63) is 64.6 Å². The molecule has 7 heteroatoms. The summed E-state index contributed by atoms with van der Waals surface area (Å²) in [5.74, 6) is 0.0822. The first-order valence-corrected chi connectivity index (χ1v) is 9.81. The Bertz CT molecular complexity index is 1090. The minimum atomic E-state index is -0.522. The van der Waals surface area contributed by atoms with Crippen molar-refractivity contribution >= 4 is 34.1 Å². The molecule has 0 saturated heterocycles. The molecule has 0 spiro atoms. The summed E-state index contributed by atoms with van der Waals surface area (Å²) in [5, 5.41) is 4.74. The topological polar surface area (TPSA) is 54.5 Å². The minimum Gasteiger partial charge on any atom is -0.481 e. The van der Waals surface area contributed by atoms with E-state index in [1.165, 1.54) is 18.2 Å². The second-order valence-corrected chi connectivity index (χ2v) is 7.51. The highest BCUT2D eigenvalue weighted by atomic mass is 35.5. The van der Waals surface area contributed by atoms with Crippen molar-refractivity contribution in [2.75, 3.05) is 19.5 Å². The molecule has 0 saturated carbocycles. The number of aromatic nitrogens is 1. The molecule has 0 aliphatic heterocycles. The van der Waals surface area contributed by atoms with Gasteiger partial charge in [0.2, 0.25) is 5.88 Å². The summed E-state index contributed by atoms with van der Waals surface area (Å²) in [6.07, 6.45) is 2.60. The number of ether oxygens (including phenoxy) is 1. The molecule has 5 nitrogen and oxygen atoms in total. The zero-order valence-electron chi connectivity index (χ0n) is 16.2. The van der Waals surface area contributed by atoms with Crippen LogP contribution >= 0.6 is 11.6 Å². The average Bonchev–Trinajstić information content (AvgIpc) is 2.74. The van der Waals surface area contributed by atoms with E-state index in [-0.39, 0.29) is 17.1 Å². The molecule has 3 aromatic rings. The number of urea groups is 1. The lowest BCUT2D eigenvalue weighted by Crippen LogP contribution is -2.36. The SMILES string of the molecule is COc1nc2c(c3ccccc13)[C@@H](N(C)C(=O)Nc1ccc(F)c(Cl)c1)CCC2. The fourth-order valence-electron chi connectivity index (χ4n) is 3.94. The standard InChI is InChI=1S/C22H21ClFN3O2/c1-27(22(28)25-13-10-11-17(24)16(23)12-13)19-9-5-8-18-20(19)14-6-3-4-7-15(14)21(26-18)29-2/h3-4,6-7,10-12,19H,5,8-9H2,1-2H3,(H,25,28)/t19-/m0/s1. The second-order valence-electron chi connectivity index (χ2n) is 7.11. The average molecular weight is 414 g/mol. The van der Waals surface area contributed by atoms with E-state index in [1.807, 2.05) is 24.3 Å². The summed E-state index contributed by atoms with van der Waals surface area (Å²) in [7, 11) is 3.38. The number of hydrogen-bond donors (Lipinski definition) is 1. The molecule has 2 aromatic carbocycles. The van der Waals surface area contributed by atoms with Gasteiger partial charge in [0.1, 0.15) is 5.82 Å². The molecule has 0 fully saturated rings. The highest BCUT2D eigenvalue weighted by Crippen LogP contribution is 2.40. The van der Waals surface area contributed by atoms with Crippen molar-refractivity contribution in [3.63, 3.8) is 0 Å². The number of fused-ring (bicyclic) bond motifs is 3. The number of benzene rings is 2. The van der Waals surface area contributed by atoms with Crippen LogP contribution in [0.25, 0.3) is 10.8 Å². The number of methoxy groups -OCH3 is 1. The highest BCUT2D eigenvalue weighted by molar-refractivity contribution is 6.31. The Balaban J connectivity index is 1.69. The maximum absolute atomic E-state index is 13.4. The molecule has 2 amide bonds. The smallest absolute Gasteiger partial charge is 0.322 e. The fraction of sp³-hybridized carbons (Fsp3) is 0.273. The van der Waals surface area contributed by atoms with E-state index in [0.717, 1.165) is 41.3 Å². The summed E-state index contributed by atoms with van der Waals surface area (Å²) >= 11 is 5.83. The first-order valence-electron chi connectivity index (χ1n) is 9.44. The maximum Gasteiger partial charge on any atom is 0.322 e. The molecule has 0 unspecified atom stereocenters. The van der Waals surface area contributed by atoms with E-state index in [2.05, 4.69) is 5.32 Å². The number of rotatable bonds is 3. The van der Waals surface area contributed by atoms with E-state index in [4.69, 9.17) is 21.3 Å². The Labute approximate surface area is 173 Å². The Hall–Kier alpha value is -2.86. The van der Waals surface area contributed by atoms with Crippen LogP contribution in [-0.2, 0) is 6.42 Å². The first kappa shape index (κ1) is 19.5. The van der Waals surface area contributed by atoms with E-state index in [0.29, 0.717) is 11.6 Å². The molecule has 150 valence electrons. The summed E-state index contributed by atoms with van der Waals surface area (Å²) in [6, 6.07) is 11.7. The molecule has 1 aliphatic carbocycles. The third kappa shape index (κ3) is 3.60. The maximum atomic E-state index is 13.4. The summed E-state index contributed by atoms with van der Waals surface area (Å²) < 4.78 is 18.9. The monoisotopic (exact) mass is 413 g/mol. The molecule has 4 rings (SSSR count). The second kappa shape index (κ2) is 7.87. The molecule has 1 aromatic heterocycles. The number of nitrogens with zero attached hydrogens (tertiary/aromatic N) is 2. The van der Waals surface area contributed by atoms with Gasteiger partial charge in [0.25, 0.3) is 0 Å². The van der Waals surface area contributed by atoms with Crippen LogP contribution in [-0.4, -0.2) is 30.1 Å². The van der Waals surface area contributed by atoms with Crippen LogP contribution < -0.4 is 10.1 Å². The van der Waals surface area contributed by atoms with Crippen LogP contribution in [0.4, 0.5) is 14.9 Å². The summed E-state index contributed by atoms with van der Waals surface area (Å²) in [5.41, 5.74) is 2.46. The molecule has 1 atom stereocenters. The molecule has 29 heavy (non-hydrogen) atoms. The van der Waals surface area contributed by atoms with E-state index >= 15 is 0 Å². The van der Waals surface area contributed by atoms with Gasteiger partial charge in [-0.05, 0) is 48.9 Å². The molecule has 0 radical (unpaired) electrons. The first-order chi connectivity index (χ1) is 14.0. The number of anilines is 1. The summed E-state index contributed by atoms with van der Waals surface area (Å²) in [6.45, 7) is 0. The lowest BCUT2D eigenvalue weighted by atomic mass is 9.87. The van der Waals surface area contributed by atoms with Gasteiger partial charge in [0.15, 0.2) is 0 Å². The zero-order valence-corrected chi connectivity index (χ0v) is 17.0.